The van der Waals surface area contributed by atoms with Gasteiger partial charge < -0.3 is 24.4 Å². The second kappa shape index (κ2) is 11.9. The summed E-state index contributed by atoms with van der Waals surface area (Å²) in [5.74, 6) is -0.469. The van der Waals surface area contributed by atoms with Crippen molar-refractivity contribution in [3.05, 3.63) is 83.6 Å². The molecule has 0 saturated carbocycles. The number of rotatable bonds is 5. The van der Waals surface area contributed by atoms with Crippen LogP contribution in [0.1, 0.15) is 45.1 Å². The number of benzene rings is 2. The number of hydrogen-bond acceptors (Lipinski definition) is 5. The van der Waals surface area contributed by atoms with E-state index in [0.29, 0.717) is 37.7 Å². The van der Waals surface area contributed by atoms with Crippen molar-refractivity contribution in [3.63, 3.8) is 0 Å². The maximum Gasteiger partial charge on any atom is 0.410 e. The van der Waals surface area contributed by atoms with Crippen LogP contribution in [0.25, 0.3) is 22.2 Å². The summed E-state index contributed by atoms with van der Waals surface area (Å²) in [6.45, 7) is 8.68. The summed E-state index contributed by atoms with van der Waals surface area (Å²) in [4.78, 5) is 41.6. The lowest BCUT2D eigenvalue weighted by Gasteiger charge is -2.40. The molecule has 2 fully saturated rings. The van der Waals surface area contributed by atoms with Crippen LogP contribution < -0.4 is 4.90 Å². The van der Waals surface area contributed by atoms with Crippen LogP contribution in [0.15, 0.2) is 73.1 Å². The van der Waals surface area contributed by atoms with Gasteiger partial charge in [0, 0.05) is 61.1 Å². The predicted octanol–water partition coefficient (Wildman–Crippen LogP) is 6.72. The summed E-state index contributed by atoms with van der Waals surface area (Å²) < 4.78 is 5.75. The summed E-state index contributed by atoms with van der Waals surface area (Å²) in [5.41, 5.74) is 4.41. The molecule has 2 aliphatic rings. The van der Waals surface area contributed by atoms with Gasteiger partial charge in [0.25, 0.3) is 0 Å². The highest BCUT2D eigenvalue weighted by Gasteiger charge is 2.43. The van der Waals surface area contributed by atoms with Gasteiger partial charge in [-0.25, -0.2) is 9.78 Å². The molecule has 0 spiro atoms. The van der Waals surface area contributed by atoms with E-state index in [0.717, 1.165) is 46.3 Å². The Kier molecular flexibility index (Phi) is 8.05. The van der Waals surface area contributed by atoms with E-state index < -0.39 is 11.5 Å². The lowest BCUT2D eigenvalue weighted by molar-refractivity contribution is -0.134. The van der Waals surface area contributed by atoms with E-state index in [2.05, 4.69) is 33.1 Å². The first-order chi connectivity index (χ1) is 20.7. The molecule has 4 aromatic rings. The average Bonchev–Trinajstić information content (AvgIpc) is 3.68. The van der Waals surface area contributed by atoms with Crippen molar-refractivity contribution >= 4 is 40.3 Å². The number of piperazine rings is 1. The number of amides is 2. The number of halogens is 1. The summed E-state index contributed by atoms with van der Waals surface area (Å²) in [7, 11) is 0. The highest BCUT2D eigenvalue weighted by atomic mass is 35.5. The molecule has 8 nitrogen and oxygen atoms in total. The van der Waals surface area contributed by atoms with Crippen LogP contribution in [0.4, 0.5) is 10.5 Å². The van der Waals surface area contributed by atoms with Gasteiger partial charge in [-0.05, 0) is 62.9 Å². The van der Waals surface area contributed by atoms with Gasteiger partial charge in [-0.1, -0.05) is 54.1 Å². The van der Waals surface area contributed by atoms with Crippen molar-refractivity contribution in [2.45, 2.75) is 51.2 Å². The summed E-state index contributed by atoms with van der Waals surface area (Å²) in [6.07, 6.45) is 5.05. The van der Waals surface area contributed by atoms with Crippen LogP contribution >= 0.6 is 11.6 Å². The molecule has 2 atom stereocenters. The zero-order valence-corrected chi connectivity index (χ0v) is 25.7. The Morgan fingerprint density at radius 3 is 2.40 bits per heavy atom. The summed E-state index contributed by atoms with van der Waals surface area (Å²) >= 11 is 6.23. The highest BCUT2D eigenvalue weighted by Crippen LogP contribution is 2.38. The topological polar surface area (TPSA) is 81.8 Å². The number of carbonyl (C=O) groups is 2. The predicted molar refractivity (Wildman–Crippen MR) is 170 cm³/mol. The van der Waals surface area contributed by atoms with Crippen LogP contribution in [0.3, 0.4) is 0 Å². The van der Waals surface area contributed by atoms with Gasteiger partial charge in [0.2, 0.25) is 5.91 Å². The Labute approximate surface area is 257 Å². The van der Waals surface area contributed by atoms with Gasteiger partial charge in [-0.2, -0.15) is 0 Å². The van der Waals surface area contributed by atoms with Crippen LogP contribution in [0.2, 0.25) is 5.02 Å². The number of likely N-dealkylation sites (tertiary alicyclic amines) is 1. The molecule has 1 N–H and O–H groups in total. The quantitative estimate of drug-likeness (QED) is 0.276. The Balaban J connectivity index is 1.26. The number of hydrogen-bond donors (Lipinski definition) is 1. The van der Waals surface area contributed by atoms with Crippen molar-refractivity contribution < 1.29 is 14.3 Å². The molecule has 2 aromatic heterocycles. The minimum Gasteiger partial charge on any atom is -0.444 e. The fourth-order valence-electron chi connectivity index (χ4n) is 6.40. The molecule has 1 unspecified atom stereocenters. The molecule has 0 radical (unpaired) electrons. The number of anilines is 1. The highest BCUT2D eigenvalue weighted by molar-refractivity contribution is 6.30. The third-order valence-corrected chi connectivity index (χ3v) is 8.61. The van der Waals surface area contributed by atoms with Gasteiger partial charge in [0.1, 0.15) is 11.2 Å². The molecule has 43 heavy (non-hydrogen) atoms. The van der Waals surface area contributed by atoms with Crippen LogP contribution in [0, 0.1) is 0 Å². The average molecular weight is 600 g/mol. The molecule has 6 rings (SSSR count). The number of aromatic amines is 1. The minimum atomic E-state index is -0.614. The number of nitrogens with zero attached hydrogens (tertiary/aromatic N) is 4. The van der Waals surface area contributed by atoms with E-state index in [9.17, 15) is 9.59 Å². The minimum absolute atomic E-state index is 0.0345. The summed E-state index contributed by atoms with van der Waals surface area (Å²) in [6, 6.07) is 19.6. The van der Waals surface area contributed by atoms with Gasteiger partial charge in [0.15, 0.2) is 0 Å². The zero-order valence-electron chi connectivity index (χ0n) is 24.9. The number of carbonyl (C=O) groups excluding carboxylic acids is 2. The Morgan fingerprint density at radius 1 is 0.977 bits per heavy atom. The zero-order chi connectivity index (χ0) is 30.1. The monoisotopic (exact) mass is 599 g/mol. The third kappa shape index (κ3) is 6.07. The molecule has 2 aromatic carbocycles. The molecular weight excluding hydrogens is 562 g/mol. The number of aromatic nitrogens is 2. The van der Waals surface area contributed by atoms with E-state index >= 15 is 0 Å². The van der Waals surface area contributed by atoms with Crippen molar-refractivity contribution in [1.82, 2.24) is 19.8 Å². The van der Waals surface area contributed by atoms with E-state index in [1.165, 1.54) is 0 Å². The molecular formula is C34H38ClN5O3. The number of pyridine rings is 1. The Morgan fingerprint density at radius 2 is 1.70 bits per heavy atom. The number of fused-ring (bicyclic) bond motifs is 1. The van der Waals surface area contributed by atoms with E-state index in [4.69, 9.17) is 16.3 Å². The van der Waals surface area contributed by atoms with Crippen LogP contribution in [-0.4, -0.2) is 76.1 Å². The molecule has 2 aliphatic heterocycles. The maximum absolute atomic E-state index is 14.4. The molecule has 0 bridgehead atoms. The first-order valence-electron chi connectivity index (χ1n) is 15.0. The number of nitrogens with one attached hydrogen (secondary N) is 1. The lowest BCUT2D eigenvalue weighted by atomic mass is 9.88. The largest absolute Gasteiger partial charge is 0.444 e. The molecule has 0 aliphatic carbocycles. The first kappa shape index (κ1) is 29.1. The second-order valence-electron chi connectivity index (χ2n) is 12.4. The fraction of sp³-hybridized carbons (Fsp3) is 0.382. The van der Waals surface area contributed by atoms with E-state index in [1.54, 1.807) is 4.90 Å². The molecule has 9 heteroatoms. The Hall–Kier alpha value is -4.04. The normalized spacial score (nSPS) is 18.2. The van der Waals surface area contributed by atoms with Crippen molar-refractivity contribution in [3.8, 4) is 11.1 Å². The smallest absolute Gasteiger partial charge is 0.410 e. The Bertz CT molecular complexity index is 1590. The molecule has 224 valence electrons. The van der Waals surface area contributed by atoms with Crippen molar-refractivity contribution in [2.75, 3.05) is 37.6 Å². The number of H-pyrrole nitrogens is 1. The van der Waals surface area contributed by atoms with E-state index in [-0.39, 0.29) is 18.0 Å². The maximum atomic E-state index is 14.4. The molecule has 4 heterocycles. The third-order valence-electron chi connectivity index (χ3n) is 8.36. The first-order valence-corrected chi connectivity index (χ1v) is 15.4. The molecule has 2 saturated heterocycles. The van der Waals surface area contributed by atoms with Gasteiger partial charge >= 0.3 is 6.09 Å². The number of ether oxygens (including phenoxy) is 1. The standard InChI is InChI=1S/C34H38ClN5O3/c1-34(2,3)43-33(42)40-17-7-10-28(40)29(24-11-13-25(35)14-12-24)32(41)39-20-18-38(19-21-39)30-26-15-16-36-31(26)37-22-27(30)23-8-5-4-6-9-23/h4-6,8-9,11-16,22,28-29H,7,10,17-21H2,1-3H3,(H,36,37)/t28?,29-/m0/s1. The SMILES string of the molecule is CC(C)(C)OC(=O)N1CCCC1[C@@H](C(=O)N1CCN(c2c(-c3ccccc3)cnc3[nH]ccc23)CC1)c1ccc(Cl)cc1. The lowest BCUT2D eigenvalue weighted by Crippen LogP contribution is -2.53. The summed E-state index contributed by atoms with van der Waals surface area (Å²) in [5, 5.41) is 1.68. The van der Waals surface area contributed by atoms with Crippen molar-refractivity contribution in [2.24, 2.45) is 0 Å². The van der Waals surface area contributed by atoms with Gasteiger partial charge in [-0.3, -0.25) is 4.79 Å². The van der Waals surface area contributed by atoms with E-state index in [1.807, 2.05) is 80.5 Å². The molecule has 2 amide bonds. The second-order valence-corrected chi connectivity index (χ2v) is 12.8. The van der Waals surface area contributed by atoms with Crippen molar-refractivity contribution in [1.29, 1.82) is 0 Å². The van der Waals surface area contributed by atoms with Crippen LogP contribution in [-0.2, 0) is 9.53 Å². The van der Waals surface area contributed by atoms with Crippen LogP contribution in [0.5, 0.6) is 0 Å². The van der Waals surface area contributed by atoms with Gasteiger partial charge in [0.05, 0.1) is 17.6 Å². The fourth-order valence-corrected chi connectivity index (χ4v) is 6.52. The van der Waals surface area contributed by atoms with Gasteiger partial charge in [-0.15, -0.1) is 0 Å².